The van der Waals surface area contributed by atoms with E-state index in [0.29, 0.717) is 17.9 Å². The molecule has 0 fully saturated rings. The Labute approximate surface area is 150 Å². The molecule has 2 rings (SSSR count). The number of carbonyl (C=O) groups excluding carboxylic acids is 1. The topological polar surface area (TPSA) is 70.2 Å². The molecular formula is C17H27N3O4S. The molecule has 25 heavy (non-hydrogen) atoms. The number of nitrogens with zero attached hydrogens (tertiary/aromatic N) is 3. The number of hydrogen-bond donors (Lipinski definition) is 0. The summed E-state index contributed by atoms with van der Waals surface area (Å²) in [5.74, 6) is 0.379. The first-order valence-electron chi connectivity index (χ1n) is 8.16. The second-order valence-corrected chi connectivity index (χ2v) is 9.00. The summed E-state index contributed by atoms with van der Waals surface area (Å²) in [5.41, 5.74) is 1.29. The molecule has 1 aromatic rings. The first-order valence-corrected chi connectivity index (χ1v) is 10.0. The van der Waals surface area contributed by atoms with Gasteiger partial charge in [-0.3, -0.25) is 4.79 Å². The van der Waals surface area contributed by atoms with Crippen molar-refractivity contribution >= 4 is 21.6 Å². The quantitative estimate of drug-likeness (QED) is 0.795. The van der Waals surface area contributed by atoms with Crippen molar-refractivity contribution in [2.45, 2.75) is 13.0 Å². The van der Waals surface area contributed by atoms with Crippen LogP contribution in [0.25, 0.3) is 0 Å². The lowest BCUT2D eigenvalue weighted by Crippen LogP contribution is -2.46. The summed E-state index contributed by atoms with van der Waals surface area (Å²) in [6, 6.07) is 5.45. The van der Waals surface area contributed by atoms with Crippen LogP contribution in [0.5, 0.6) is 5.75 Å². The van der Waals surface area contributed by atoms with Gasteiger partial charge in [0.25, 0.3) is 5.91 Å². The molecule has 2 atom stereocenters. The first-order chi connectivity index (χ1) is 11.5. The third kappa shape index (κ3) is 4.24. The largest absolute Gasteiger partial charge is 0.486 e. The van der Waals surface area contributed by atoms with Gasteiger partial charge in [-0.2, -0.15) is 0 Å². The molecule has 0 saturated carbocycles. The van der Waals surface area contributed by atoms with Crippen molar-refractivity contribution in [3.8, 4) is 5.75 Å². The number of amides is 1. The van der Waals surface area contributed by atoms with E-state index in [1.54, 1.807) is 18.0 Å². The fourth-order valence-corrected chi connectivity index (χ4v) is 3.30. The fraction of sp³-hybridized carbons (Fsp3) is 0.588. The normalized spacial score (nSPS) is 21.4. The van der Waals surface area contributed by atoms with E-state index in [9.17, 15) is 13.2 Å². The van der Waals surface area contributed by atoms with Crippen LogP contribution in [-0.2, 0) is 10.0 Å². The Kier molecular flexibility index (Phi) is 5.63. The van der Waals surface area contributed by atoms with Gasteiger partial charge in [0.1, 0.15) is 6.10 Å². The molecule has 0 aromatic heterocycles. The molecule has 8 heteroatoms. The van der Waals surface area contributed by atoms with E-state index >= 15 is 0 Å². The van der Waals surface area contributed by atoms with Crippen LogP contribution in [0.15, 0.2) is 18.2 Å². The zero-order valence-electron chi connectivity index (χ0n) is 15.7. The number of sulfonamides is 1. The van der Waals surface area contributed by atoms with Gasteiger partial charge in [0.15, 0.2) is 5.75 Å². The predicted octanol–water partition coefficient (Wildman–Crippen LogP) is 1.11. The molecule has 140 valence electrons. The summed E-state index contributed by atoms with van der Waals surface area (Å²) < 4.78 is 31.1. The van der Waals surface area contributed by atoms with Crippen molar-refractivity contribution in [3.63, 3.8) is 0 Å². The average Bonchev–Trinajstić information content (AvgIpc) is 2.51. The van der Waals surface area contributed by atoms with Gasteiger partial charge in [-0.1, -0.05) is 13.0 Å². The van der Waals surface area contributed by atoms with E-state index in [4.69, 9.17) is 4.74 Å². The van der Waals surface area contributed by atoms with Gasteiger partial charge in [-0.15, -0.1) is 0 Å². The number of carbonyl (C=O) groups is 1. The van der Waals surface area contributed by atoms with Crippen molar-refractivity contribution in [3.05, 3.63) is 23.8 Å². The minimum absolute atomic E-state index is 0.0264. The summed E-state index contributed by atoms with van der Waals surface area (Å²) in [5, 5.41) is 0. The SMILES string of the molecule is C[C@H]1CN(C)C(=O)c2cccc(N(C)C)c2O[C@@H]1CN(C)S(C)(=O)=O. The lowest BCUT2D eigenvalue weighted by atomic mass is 10.0. The van der Waals surface area contributed by atoms with E-state index in [1.807, 2.05) is 38.1 Å². The number of para-hydroxylation sites is 1. The molecular weight excluding hydrogens is 342 g/mol. The van der Waals surface area contributed by atoms with E-state index in [-0.39, 0.29) is 24.5 Å². The number of likely N-dealkylation sites (N-methyl/N-ethyl adjacent to an activating group) is 1. The summed E-state index contributed by atoms with van der Waals surface area (Å²) in [4.78, 5) is 16.3. The number of ether oxygens (including phenoxy) is 1. The molecule has 0 unspecified atom stereocenters. The summed E-state index contributed by atoms with van der Waals surface area (Å²) in [7, 11) is 3.75. The van der Waals surface area contributed by atoms with Gasteiger partial charge in [0.05, 0.1) is 24.1 Å². The lowest BCUT2D eigenvalue weighted by Gasteiger charge is -2.35. The zero-order chi connectivity index (χ0) is 18.9. The minimum atomic E-state index is -3.31. The molecule has 0 aliphatic carbocycles. The molecule has 1 heterocycles. The highest BCUT2D eigenvalue weighted by molar-refractivity contribution is 7.88. The highest BCUT2D eigenvalue weighted by Gasteiger charge is 2.32. The monoisotopic (exact) mass is 369 g/mol. The van der Waals surface area contributed by atoms with Crippen LogP contribution in [0.3, 0.4) is 0 Å². The van der Waals surface area contributed by atoms with Gasteiger partial charge >= 0.3 is 0 Å². The smallest absolute Gasteiger partial charge is 0.257 e. The van der Waals surface area contributed by atoms with Crippen LogP contribution in [0.4, 0.5) is 5.69 Å². The maximum absolute atomic E-state index is 12.7. The average molecular weight is 369 g/mol. The predicted molar refractivity (Wildman–Crippen MR) is 98.8 cm³/mol. The summed E-state index contributed by atoms with van der Waals surface area (Å²) in [6.07, 6.45) is 0.810. The first kappa shape index (κ1) is 19.5. The maximum atomic E-state index is 12.7. The molecule has 7 nitrogen and oxygen atoms in total. The third-order valence-corrected chi connectivity index (χ3v) is 5.80. The molecule has 0 N–H and O–H groups in total. The number of benzene rings is 1. The van der Waals surface area contributed by atoms with Crippen LogP contribution >= 0.6 is 0 Å². The van der Waals surface area contributed by atoms with Gasteiger partial charge in [0.2, 0.25) is 10.0 Å². The van der Waals surface area contributed by atoms with Crippen LogP contribution in [0.2, 0.25) is 0 Å². The van der Waals surface area contributed by atoms with Crippen LogP contribution in [-0.4, -0.2) is 77.2 Å². The van der Waals surface area contributed by atoms with E-state index < -0.39 is 10.0 Å². The minimum Gasteiger partial charge on any atom is -0.486 e. The highest BCUT2D eigenvalue weighted by atomic mass is 32.2. The fourth-order valence-electron chi connectivity index (χ4n) is 2.88. The molecule has 0 radical (unpaired) electrons. The molecule has 0 spiro atoms. The van der Waals surface area contributed by atoms with E-state index in [0.717, 1.165) is 5.69 Å². The van der Waals surface area contributed by atoms with Crippen molar-refractivity contribution in [2.75, 3.05) is 52.4 Å². The van der Waals surface area contributed by atoms with E-state index in [1.165, 1.54) is 17.6 Å². The molecule has 1 aliphatic rings. The maximum Gasteiger partial charge on any atom is 0.257 e. The van der Waals surface area contributed by atoms with E-state index in [2.05, 4.69) is 0 Å². The Morgan fingerprint density at radius 2 is 1.92 bits per heavy atom. The Morgan fingerprint density at radius 1 is 1.28 bits per heavy atom. The van der Waals surface area contributed by atoms with Crippen molar-refractivity contribution in [1.29, 1.82) is 0 Å². The summed E-state index contributed by atoms with van der Waals surface area (Å²) in [6.45, 7) is 2.68. The van der Waals surface area contributed by atoms with Crippen LogP contribution < -0.4 is 9.64 Å². The molecule has 1 aliphatic heterocycles. The second kappa shape index (κ2) is 7.21. The number of anilines is 1. The van der Waals surface area contributed by atoms with Crippen molar-refractivity contribution < 1.29 is 17.9 Å². The molecule has 1 aromatic carbocycles. The number of fused-ring (bicyclic) bond motifs is 1. The Balaban J connectivity index is 2.49. The van der Waals surface area contributed by atoms with Gasteiger partial charge in [-0.05, 0) is 12.1 Å². The van der Waals surface area contributed by atoms with Crippen LogP contribution in [0, 0.1) is 5.92 Å². The standard InChI is InChI=1S/C17H27N3O4S/c1-12-10-19(4)17(21)13-8-7-9-14(18(2)3)16(13)24-15(12)11-20(5)25(6,22)23/h7-9,12,15H,10-11H2,1-6H3/t12-,15+/m0/s1. The Hall–Kier alpha value is -1.80. The second-order valence-electron chi connectivity index (χ2n) is 6.91. The zero-order valence-corrected chi connectivity index (χ0v) is 16.5. The Bertz CT molecular complexity index is 748. The molecule has 0 saturated heterocycles. The Morgan fingerprint density at radius 3 is 2.48 bits per heavy atom. The number of hydrogen-bond acceptors (Lipinski definition) is 5. The number of rotatable bonds is 4. The van der Waals surface area contributed by atoms with Crippen molar-refractivity contribution in [1.82, 2.24) is 9.21 Å². The molecule has 0 bridgehead atoms. The van der Waals surface area contributed by atoms with Crippen LogP contribution in [0.1, 0.15) is 17.3 Å². The lowest BCUT2D eigenvalue weighted by molar-refractivity contribution is 0.0606. The van der Waals surface area contributed by atoms with Gasteiger partial charge in [0, 0.05) is 40.7 Å². The molecule has 1 amide bonds. The van der Waals surface area contributed by atoms with Crippen molar-refractivity contribution in [2.24, 2.45) is 5.92 Å². The summed E-state index contributed by atoms with van der Waals surface area (Å²) >= 11 is 0. The highest BCUT2D eigenvalue weighted by Crippen LogP contribution is 2.35. The van der Waals surface area contributed by atoms with Gasteiger partial charge < -0.3 is 14.5 Å². The van der Waals surface area contributed by atoms with Gasteiger partial charge in [-0.25, -0.2) is 12.7 Å². The third-order valence-electron chi connectivity index (χ3n) is 4.52.